The van der Waals surface area contributed by atoms with Gasteiger partial charge in [-0.25, -0.2) is 0 Å². The van der Waals surface area contributed by atoms with Gasteiger partial charge in [0, 0.05) is 12.8 Å². The summed E-state index contributed by atoms with van der Waals surface area (Å²) in [6.45, 7) is 3.76. The standard InChI is InChI=1S/C37H56O5/c1-3-5-7-9-11-13-15-17-18-20-22-24-26-28-30-32-37(40)42-35(33-38)34-41-36(39)31-29-27-25-23-21-19-16-14-12-10-8-6-4-2/h5-8,11-14,17-19,21-22,24-25,27,35,38H,3-4,9-10,15-16,20,23,26,28-34H2,1-2H3/b7-5-,8-6-,13-11-,14-12-,18-17-,21-19-,24-22-,27-25-. The van der Waals surface area contributed by atoms with Crippen molar-refractivity contribution >= 4 is 11.9 Å². The van der Waals surface area contributed by atoms with Gasteiger partial charge in [0.1, 0.15) is 6.61 Å². The molecule has 5 heteroatoms. The van der Waals surface area contributed by atoms with Crippen LogP contribution in [-0.4, -0.2) is 36.4 Å². The second kappa shape index (κ2) is 32.3. The second-order valence-electron chi connectivity index (χ2n) is 9.76. The van der Waals surface area contributed by atoms with Crippen LogP contribution in [0.5, 0.6) is 0 Å². The quantitative estimate of drug-likeness (QED) is 0.0627. The highest BCUT2D eigenvalue weighted by Gasteiger charge is 2.15. The summed E-state index contributed by atoms with van der Waals surface area (Å²) >= 11 is 0. The summed E-state index contributed by atoms with van der Waals surface area (Å²) in [5.74, 6) is -0.750. The summed E-state index contributed by atoms with van der Waals surface area (Å²) < 4.78 is 10.4. The van der Waals surface area contributed by atoms with Crippen LogP contribution in [-0.2, 0) is 19.1 Å². The number of rotatable bonds is 26. The molecule has 0 radical (unpaired) electrons. The molecular weight excluding hydrogens is 524 g/mol. The second-order valence-corrected chi connectivity index (χ2v) is 9.76. The molecule has 0 spiro atoms. The third-order valence-electron chi connectivity index (χ3n) is 5.89. The van der Waals surface area contributed by atoms with Gasteiger partial charge in [0.05, 0.1) is 6.61 Å². The van der Waals surface area contributed by atoms with Crippen molar-refractivity contribution in [2.45, 2.75) is 110 Å². The SMILES string of the molecule is CC/C=C\C/C=C\C/C=C\C/C=C\CCCCC(=O)OC(CO)COC(=O)CC/C=C\C/C=C\C/C=C\C/C=C\CC. The van der Waals surface area contributed by atoms with E-state index in [1.807, 2.05) is 12.2 Å². The van der Waals surface area contributed by atoms with Gasteiger partial charge in [-0.3, -0.25) is 9.59 Å². The topological polar surface area (TPSA) is 72.8 Å². The maximum atomic E-state index is 12.1. The van der Waals surface area contributed by atoms with Crippen molar-refractivity contribution in [1.29, 1.82) is 0 Å². The largest absolute Gasteiger partial charge is 0.462 e. The first-order valence-electron chi connectivity index (χ1n) is 15.8. The fourth-order valence-electron chi connectivity index (χ4n) is 3.55. The minimum absolute atomic E-state index is 0.128. The van der Waals surface area contributed by atoms with Crippen LogP contribution >= 0.6 is 0 Å². The Balaban J connectivity index is 3.84. The van der Waals surface area contributed by atoms with Crippen molar-refractivity contribution in [2.24, 2.45) is 0 Å². The summed E-state index contributed by atoms with van der Waals surface area (Å²) in [5.41, 5.74) is 0. The van der Waals surface area contributed by atoms with Gasteiger partial charge < -0.3 is 14.6 Å². The van der Waals surface area contributed by atoms with Gasteiger partial charge in [0.25, 0.3) is 0 Å². The first-order chi connectivity index (χ1) is 20.6. The summed E-state index contributed by atoms with van der Waals surface area (Å²) in [6.07, 6.45) is 44.7. The van der Waals surface area contributed by atoms with Crippen molar-refractivity contribution in [3.05, 3.63) is 97.2 Å². The van der Waals surface area contributed by atoms with Gasteiger partial charge in [-0.15, -0.1) is 0 Å². The van der Waals surface area contributed by atoms with Gasteiger partial charge in [0.15, 0.2) is 6.10 Å². The maximum Gasteiger partial charge on any atom is 0.306 e. The number of carbonyl (C=O) groups is 2. The molecular formula is C37H56O5. The van der Waals surface area contributed by atoms with E-state index in [0.717, 1.165) is 64.2 Å². The predicted molar refractivity (Wildman–Crippen MR) is 177 cm³/mol. The van der Waals surface area contributed by atoms with Crippen LogP contribution in [0.1, 0.15) is 104 Å². The molecule has 1 N–H and O–H groups in total. The van der Waals surface area contributed by atoms with Crippen molar-refractivity contribution in [1.82, 2.24) is 0 Å². The third kappa shape index (κ3) is 29.8. The molecule has 42 heavy (non-hydrogen) atoms. The summed E-state index contributed by atoms with van der Waals surface area (Å²) in [6, 6.07) is 0. The molecule has 234 valence electrons. The lowest BCUT2D eigenvalue weighted by Gasteiger charge is -2.15. The molecule has 0 bridgehead atoms. The zero-order chi connectivity index (χ0) is 30.8. The minimum atomic E-state index is -0.826. The fourth-order valence-corrected chi connectivity index (χ4v) is 3.55. The summed E-state index contributed by atoms with van der Waals surface area (Å²) in [7, 11) is 0. The van der Waals surface area contributed by atoms with Gasteiger partial charge in [0.2, 0.25) is 0 Å². The van der Waals surface area contributed by atoms with Crippen LogP contribution in [0.3, 0.4) is 0 Å². The predicted octanol–water partition coefficient (Wildman–Crippen LogP) is 9.38. The van der Waals surface area contributed by atoms with E-state index >= 15 is 0 Å². The molecule has 0 heterocycles. The zero-order valence-electron chi connectivity index (χ0n) is 26.2. The van der Waals surface area contributed by atoms with Crippen molar-refractivity contribution < 1.29 is 24.2 Å². The molecule has 0 aliphatic carbocycles. The van der Waals surface area contributed by atoms with Gasteiger partial charge in [-0.2, -0.15) is 0 Å². The number of aliphatic hydroxyl groups is 1. The zero-order valence-corrected chi connectivity index (χ0v) is 26.2. The van der Waals surface area contributed by atoms with E-state index < -0.39 is 6.10 Å². The van der Waals surface area contributed by atoms with Crippen LogP contribution in [0.4, 0.5) is 0 Å². The Morgan fingerprint density at radius 2 is 0.976 bits per heavy atom. The molecule has 0 fully saturated rings. The Bertz CT molecular complexity index is 886. The molecule has 1 atom stereocenters. The van der Waals surface area contributed by atoms with E-state index in [1.54, 1.807) is 0 Å². The third-order valence-corrected chi connectivity index (χ3v) is 5.89. The molecule has 1 unspecified atom stereocenters. The number of allylic oxidation sites excluding steroid dienone is 16. The summed E-state index contributed by atoms with van der Waals surface area (Å²) in [5, 5.41) is 9.48. The molecule has 0 saturated heterocycles. The Morgan fingerprint density at radius 1 is 0.548 bits per heavy atom. The van der Waals surface area contributed by atoms with E-state index in [4.69, 9.17) is 9.47 Å². The normalized spacial score (nSPS) is 13.5. The average molecular weight is 581 g/mol. The van der Waals surface area contributed by atoms with E-state index in [-0.39, 0.29) is 38.0 Å². The number of hydrogen-bond donors (Lipinski definition) is 1. The van der Waals surface area contributed by atoms with Crippen LogP contribution in [0.2, 0.25) is 0 Å². The number of ether oxygens (including phenoxy) is 2. The van der Waals surface area contributed by atoms with Gasteiger partial charge >= 0.3 is 11.9 Å². The van der Waals surface area contributed by atoms with E-state index in [2.05, 4.69) is 98.9 Å². The molecule has 0 rings (SSSR count). The minimum Gasteiger partial charge on any atom is -0.462 e. The lowest BCUT2D eigenvalue weighted by atomic mass is 10.2. The fraction of sp³-hybridized carbons (Fsp3) is 0.514. The van der Waals surface area contributed by atoms with Crippen LogP contribution in [0.15, 0.2) is 97.2 Å². The Hall–Kier alpha value is -3.18. The lowest BCUT2D eigenvalue weighted by molar-refractivity contribution is -0.161. The molecule has 0 aromatic carbocycles. The molecule has 0 aromatic rings. The van der Waals surface area contributed by atoms with Crippen molar-refractivity contribution in [2.75, 3.05) is 13.2 Å². The monoisotopic (exact) mass is 580 g/mol. The van der Waals surface area contributed by atoms with Crippen molar-refractivity contribution in [3.63, 3.8) is 0 Å². The van der Waals surface area contributed by atoms with Crippen LogP contribution in [0.25, 0.3) is 0 Å². The molecule has 0 aromatic heterocycles. The molecule has 0 aliphatic heterocycles. The molecule has 0 amide bonds. The lowest BCUT2D eigenvalue weighted by Crippen LogP contribution is -2.28. The maximum absolute atomic E-state index is 12.1. The van der Waals surface area contributed by atoms with Gasteiger partial charge in [-0.05, 0) is 77.0 Å². The van der Waals surface area contributed by atoms with Gasteiger partial charge in [-0.1, -0.05) is 111 Å². The van der Waals surface area contributed by atoms with Crippen molar-refractivity contribution in [3.8, 4) is 0 Å². The first-order valence-corrected chi connectivity index (χ1v) is 15.8. The highest BCUT2D eigenvalue weighted by molar-refractivity contribution is 5.70. The Labute approximate surface area is 256 Å². The first kappa shape index (κ1) is 38.8. The number of esters is 2. The highest BCUT2D eigenvalue weighted by Crippen LogP contribution is 2.06. The number of aliphatic hydroxyl groups excluding tert-OH is 1. The Morgan fingerprint density at radius 3 is 1.43 bits per heavy atom. The molecule has 0 aliphatic rings. The summed E-state index contributed by atoms with van der Waals surface area (Å²) in [4.78, 5) is 24.0. The van der Waals surface area contributed by atoms with Crippen LogP contribution in [0, 0.1) is 0 Å². The van der Waals surface area contributed by atoms with Crippen LogP contribution < -0.4 is 0 Å². The number of carbonyl (C=O) groups excluding carboxylic acids is 2. The number of unbranched alkanes of at least 4 members (excludes halogenated alkanes) is 2. The number of hydrogen-bond acceptors (Lipinski definition) is 5. The molecule has 0 saturated carbocycles. The smallest absolute Gasteiger partial charge is 0.306 e. The molecule has 5 nitrogen and oxygen atoms in total. The Kier molecular flexibility index (Phi) is 29.9. The van der Waals surface area contributed by atoms with E-state index in [0.29, 0.717) is 12.8 Å². The van der Waals surface area contributed by atoms with E-state index in [1.165, 1.54) is 0 Å². The van der Waals surface area contributed by atoms with E-state index in [9.17, 15) is 14.7 Å². The average Bonchev–Trinajstić information content (AvgIpc) is 2.99. The highest BCUT2D eigenvalue weighted by atomic mass is 16.6.